The Morgan fingerprint density at radius 1 is 0.947 bits per heavy atom. The van der Waals surface area contributed by atoms with E-state index >= 15 is 0 Å². The fourth-order valence-electron chi connectivity index (χ4n) is 5.25. The molecule has 3 aromatic carbocycles. The summed E-state index contributed by atoms with van der Waals surface area (Å²) in [5.41, 5.74) is 6.09. The number of hydrogen-bond donors (Lipinski definition) is 2. The number of anilines is 1. The van der Waals surface area contributed by atoms with Crippen molar-refractivity contribution in [3.05, 3.63) is 101 Å². The lowest BCUT2D eigenvalue weighted by Crippen LogP contribution is -2.47. The van der Waals surface area contributed by atoms with E-state index in [1.54, 1.807) is 6.08 Å². The van der Waals surface area contributed by atoms with Crippen molar-refractivity contribution in [2.75, 3.05) is 31.6 Å². The zero-order valence-electron chi connectivity index (χ0n) is 21.7. The van der Waals surface area contributed by atoms with Gasteiger partial charge in [-0.25, -0.2) is 4.79 Å². The Bertz CT molecular complexity index is 1310. The molecule has 1 unspecified atom stereocenters. The molecular weight excluding hydrogens is 476 g/mol. The highest BCUT2D eigenvalue weighted by Crippen LogP contribution is 2.42. The predicted octanol–water partition coefficient (Wildman–Crippen LogP) is 4.89. The highest BCUT2D eigenvalue weighted by Gasteiger charge is 2.35. The molecule has 0 saturated heterocycles. The van der Waals surface area contributed by atoms with Crippen molar-refractivity contribution < 1.29 is 14.3 Å². The highest BCUT2D eigenvalue weighted by molar-refractivity contribution is 5.91. The molecule has 0 saturated carbocycles. The van der Waals surface area contributed by atoms with Crippen LogP contribution in [0.2, 0.25) is 0 Å². The average Bonchev–Trinajstić information content (AvgIpc) is 2.94. The zero-order valence-corrected chi connectivity index (χ0v) is 21.7. The van der Waals surface area contributed by atoms with Gasteiger partial charge in [-0.1, -0.05) is 54.6 Å². The number of nitrogens with zero attached hydrogens (tertiary/aromatic N) is 2. The minimum Gasteiger partial charge on any atom is -0.410 e. The van der Waals surface area contributed by atoms with Gasteiger partial charge in [-0.2, -0.15) is 0 Å². The number of amides is 2. The van der Waals surface area contributed by atoms with Gasteiger partial charge in [-0.05, 0) is 65.8 Å². The first kappa shape index (κ1) is 25.5. The second-order valence-corrected chi connectivity index (χ2v) is 9.75. The molecule has 196 valence electrons. The van der Waals surface area contributed by atoms with Gasteiger partial charge in [0.2, 0.25) is 5.91 Å². The van der Waals surface area contributed by atoms with E-state index in [0.29, 0.717) is 18.8 Å². The summed E-state index contributed by atoms with van der Waals surface area (Å²) in [6, 6.07) is 24.3. The van der Waals surface area contributed by atoms with Crippen LogP contribution in [-0.4, -0.2) is 43.6 Å². The number of ether oxygens (including phenoxy) is 1. The van der Waals surface area contributed by atoms with Crippen LogP contribution in [0.3, 0.4) is 0 Å². The van der Waals surface area contributed by atoms with E-state index in [0.717, 1.165) is 49.2 Å². The minimum absolute atomic E-state index is 0.126. The maximum Gasteiger partial charge on any atom is 0.412 e. The number of carbonyl (C=O) groups is 2. The van der Waals surface area contributed by atoms with Crippen LogP contribution in [0.4, 0.5) is 10.5 Å². The van der Waals surface area contributed by atoms with Crippen molar-refractivity contribution in [1.29, 1.82) is 0 Å². The van der Waals surface area contributed by atoms with E-state index in [1.165, 1.54) is 17.2 Å². The van der Waals surface area contributed by atoms with Crippen LogP contribution < -0.4 is 20.3 Å². The van der Waals surface area contributed by atoms with Crippen LogP contribution in [0.5, 0.6) is 5.75 Å². The Kier molecular flexibility index (Phi) is 8.04. The van der Waals surface area contributed by atoms with E-state index in [9.17, 15) is 9.59 Å². The maximum absolute atomic E-state index is 12.3. The molecular formula is C31H34N4O3. The third-order valence-corrected chi connectivity index (χ3v) is 7.13. The smallest absolute Gasteiger partial charge is 0.410 e. The Morgan fingerprint density at radius 2 is 1.71 bits per heavy atom. The molecule has 7 heteroatoms. The number of rotatable bonds is 8. The first-order chi connectivity index (χ1) is 18.6. The van der Waals surface area contributed by atoms with Gasteiger partial charge in [0, 0.05) is 45.0 Å². The first-order valence-corrected chi connectivity index (χ1v) is 13.2. The van der Waals surface area contributed by atoms with Gasteiger partial charge in [0.05, 0.1) is 0 Å². The second kappa shape index (κ2) is 12.0. The fraction of sp³-hybridized carbons (Fsp3) is 0.290. The summed E-state index contributed by atoms with van der Waals surface area (Å²) in [6.07, 6.45) is 5.63. The molecule has 0 bridgehead atoms. The van der Waals surface area contributed by atoms with E-state index in [1.807, 2.05) is 48.5 Å². The number of carbonyl (C=O) groups excluding carboxylic acids is 2. The van der Waals surface area contributed by atoms with Crippen molar-refractivity contribution in [2.45, 2.75) is 32.0 Å². The molecule has 2 N–H and O–H groups in total. The van der Waals surface area contributed by atoms with Gasteiger partial charge < -0.3 is 20.3 Å². The molecule has 0 fully saturated rings. The first-order valence-electron chi connectivity index (χ1n) is 13.2. The normalized spacial score (nSPS) is 16.3. The van der Waals surface area contributed by atoms with Gasteiger partial charge in [0.1, 0.15) is 11.9 Å². The van der Waals surface area contributed by atoms with E-state index in [2.05, 4.69) is 51.7 Å². The summed E-state index contributed by atoms with van der Waals surface area (Å²) in [7, 11) is 2.13. The molecule has 2 amide bonds. The lowest BCUT2D eigenvalue weighted by Gasteiger charge is -2.47. The van der Waals surface area contributed by atoms with Crippen LogP contribution >= 0.6 is 0 Å². The van der Waals surface area contributed by atoms with Gasteiger partial charge in [-0.15, -0.1) is 0 Å². The molecule has 1 atom stereocenters. The van der Waals surface area contributed by atoms with E-state index in [-0.39, 0.29) is 12.1 Å². The molecule has 2 heterocycles. The van der Waals surface area contributed by atoms with Crippen LogP contribution in [0, 0.1) is 0 Å². The molecule has 5 rings (SSSR count). The van der Waals surface area contributed by atoms with Crippen molar-refractivity contribution in [1.82, 2.24) is 15.5 Å². The average molecular weight is 511 g/mol. The van der Waals surface area contributed by atoms with E-state index in [4.69, 9.17) is 4.74 Å². The Balaban J connectivity index is 1.05. The van der Waals surface area contributed by atoms with Gasteiger partial charge in [0.25, 0.3) is 0 Å². The van der Waals surface area contributed by atoms with Crippen LogP contribution in [0.15, 0.2) is 78.9 Å². The number of unbranched alkanes of at least 4 members (excludes halogenated alkanes) is 1. The van der Waals surface area contributed by atoms with Gasteiger partial charge in [0.15, 0.2) is 0 Å². The largest absolute Gasteiger partial charge is 0.412 e. The summed E-state index contributed by atoms with van der Waals surface area (Å²) >= 11 is 0. The summed E-state index contributed by atoms with van der Waals surface area (Å²) < 4.78 is 5.56. The molecule has 0 aliphatic carbocycles. The van der Waals surface area contributed by atoms with Crippen molar-refractivity contribution in [3.63, 3.8) is 0 Å². The topological polar surface area (TPSA) is 73.9 Å². The Hall–Kier alpha value is -4.10. The lowest BCUT2D eigenvalue weighted by atomic mass is 9.93. The summed E-state index contributed by atoms with van der Waals surface area (Å²) in [6.45, 7) is 2.86. The van der Waals surface area contributed by atoms with Crippen molar-refractivity contribution >= 4 is 23.8 Å². The molecule has 7 nitrogen and oxygen atoms in total. The molecule has 0 aromatic heterocycles. The summed E-state index contributed by atoms with van der Waals surface area (Å²) in [5.74, 6) is 0.419. The van der Waals surface area contributed by atoms with Gasteiger partial charge in [-0.3, -0.25) is 9.69 Å². The second-order valence-electron chi connectivity index (χ2n) is 9.75. The SMILES string of the molecule is CN1c2ccc(OC(=O)NCCCCNC(=O)/C=C/c3ccccc3)cc2CN2CCc3ccccc3C21. The monoisotopic (exact) mass is 510 g/mol. The van der Waals surface area contributed by atoms with E-state index < -0.39 is 6.09 Å². The van der Waals surface area contributed by atoms with Crippen molar-refractivity contribution in [3.8, 4) is 5.75 Å². The zero-order chi connectivity index (χ0) is 26.3. The Morgan fingerprint density at radius 3 is 2.55 bits per heavy atom. The number of nitrogens with one attached hydrogen (secondary N) is 2. The van der Waals surface area contributed by atoms with Gasteiger partial charge >= 0.3 is 6.09 Å². The fourth-order valence-corrected chi connectivity index (χ4v) is 5.25. The Labute approximate surface area is 224 Å². The number of fused-ring (bicyclic) bond motifs is 4. The maximum atomic E-state index is 12.3. The predicted molar refractivity (Wildman–Crippen MR) is 150 cm³/mol. The summed E-state index contributed by atoms with van der Waals surface area (Å²) in [5, 5.41) is 5.66. The highest BCUT2D eigenvalue weighted by atomic mass is 16.6. The molecule has 3 aromatic rings. The quantitative estimate of drug-likeness (QED) is 0.333. The lowest BCUT2D eigenvalue weighted by molar-refractivity contribution is -0.116. The van der Waals surface area contributed by atoms with Crippen LogP contribution in [-0.2, 0) is 17.8 Å². The standard InChI is InChI=1S/C31H34N4O3/c1-34-28-15-14-26(21-25(28)22-35-20-17-24-11-5-6-12-27(24)30(34)35)38-31(37)33-19-8-7-18-32-29(36)16-13-23-9-3-2-4-10-23/h2-6,9-16,21,30H,7-8,17-20,22H2,1H3,(H,32,36)(H,33,37)/b16-13+. The summed E-state index contributed by atoms with van der Waals surface area (Å²) in [4.78, 5) is 29.1. The molecule has 2 aliphatic heterocycles. The minimum atomic E-state index is -0.464. The third-order valence-electron chi connectivity index (χ3n) is 7.13. The third kappa shape index (κ3) is 6.06. The molecule has 38 heavy (non-hydrogen) atoms. The van der Waals surface area contributed by atoms with Crippen LogP contribution in [0.1, 0.15) is 41.3 Å². The number of benzene rings is 3. The van der Waals surface area contributed by atoms with Crippen molar-refractivity contribution in [2.24, 2.45) is 0 Å². The number of hydrogen-bond acceptors (Lipinski definition) is 5. The van der Waals surface area contributed by atoms with Crippen LogP contribution in [0.25, 0.3) is 6.08 Å². The molecule has 0 spiro atoms. The molecule has 0 radical (unpaired) electrons. The molecule has 2 aliphatic rings.